The summed E-state index contributed by atoms with van der Waals surface area (Å²) in [6.45, 7) is 0. The van der Waals surface area contributed by atoms with Gasteiger partial charge in [0, 0.05) is 11.1 Å². The van der Waals surface area contributed by atoms with E-state index in [-0.39, 0.29) is 27.1 Å². The maximum absolute atomic E-state index is 13.7. The van der Waals surface area contributed by atoms with Gasteiger partial charge in [-0.1, -0.05) is 47.5 Å². The number of benzene rings is 3. The van der Waals surface area contributed by atoms with E-state index in [1.807, 2.05) is 0 Å². The molecule has 0 fully saturated rings. The molecule has 5 rings (SSSR count). The largest absolute Gasteiger partial charge is 0.508 e. The molecule has 0 spiro atoms. The van der Waals surface area contributed by atoms with Crippen LogP contribution in [0.5, 0.6) is 11.5 Å². The quantitative estimate of drug-likeness (QED) is 0.309. The maximum atomic E-state index is 13.7. The molecule has 35 heavy (non-hydrogen) atoms. The van der Waals surface area contributed by atoms with Gasteiger partial charge in [-0.05, 0) is 48.0 Å². The van der Waals surface area contributed by atoms with Crippen molar-refractivity contribution in [2.75, 3.05) is 12.0 Å². The lowest BCUT2D eigenvalue weighted by molar-refractivity contribution is -0.117. The molecule has 4 aromatic rings. The lowest BCUT2D eigenvalue weighted by Gasteiger charge is -2.27. The number of aromatic hydroxyl groups is 1. The van der Waals surface area contributed by atoms with Crippen LogP contribution in [0.4, 0.5) is 5.69 Å². The zero-order valence-electron chi connectivity index (χ0n) is 18.2. The topological polar surface area (TPSA) is 100 Å². The average Bonchev–Trinajstić information content (AvgIpc) is 3.40. The summed E-state index contributed by atoms with van der Waals surface area (Å²) in [6.07, 6.45) is 0. The average molecular weight is 510 g/mol. The van der Waals surface area contributed by atoms with Gasteiger partial charge >= 0.3 is 0 Å². The first kappa shape index (κ1) is 22.8. The van der Waals surface area contributed by atoms with Gasteiger partial charge in [-0.2, -0.15) is 0 Å². The second-order valence-electron chi connectivity index (χ2n) is 7.85. The number of furan rings is 1. The number of para-hydroxylation sites is 1. The minimum Gasteiger partial charge on any atom is -0.508 e. The van der Waals surface area contributed by atoms with E-state index in [4.69, 9.17) is 32.4 Å². The second kappa shape index (κ2) is 8.69. The monoisotopic (exact) mass is 509 g/mol. The van der Waals surface area contributed by atoms with Gasteiger partial charge in [-0.3, -0.25) is 14.5 Å². The summed E-state index contributed by atoms with van der Waals surface area (Å²) in [5.74, 6) is -1.81. The van der Waals surface area contributed by atoms with Crippen LogP contribution in [0.15, 0.2) is 82.5 Å². The molecular formula is C26H17Cl2NO6. The Hall–Kier alpha value is -3.94. The number of amides is 1. The van der Waals surface area contributed by atoms with Crippen molar-refractivity contribution < 1.29 is 29.0 Å². The first-order chi connectivity index (χ1) is 16.8. The van der Waals surface area contributed by atoms with E-state index in [1.165, 1.54) is 42.3 Å². The number of carbonyl (C=O) groups is 2. The summed E-state index contributed by atoms with van der Waals surface area (Å²) < 4.78 is 11.1. The Bertz CT molecular complexity index is 1520. The van der Waals surface area contributed by atoms with Crippen molar-refractivity contribution >= 4 is 51.5 Å². The smallest absolute Gasteiger partial charge is 0.294 e. The number of hydrogen-bond acceptors (Lipinski definition) is 6. The lowest BCUT2D eigenvalue weighted by atomic mass is 9.94. The summed E-state index contributed by atoms with van der Waals surface area (Å²) in [6, 6.07) is 16.2. The van der Waals surface area contributed by atoms with Crippen molar-refractivity contribution in [3.05, 3.63) is 99.4 Å². The second-order valence-corrected chi connectivity index (χ2v) is 8.66. The number of methoxy groups -OCH3 is 1. The molecule has 0 aliphatic carbocycles. The Morgan fingerprint density at radius 3 is 2.43 bits per heavy atom. The van der Waals surface area contributed by atoms with E-state index < -0.39 is 23.5 Å². The number of halogens is 2. The lowest BCUT2D eigenvalue weighted by Crippen LogP contribution is -2.31. The van der Waals surface area contributed by atoms with Gasteiger partial charge in [0.1, 0.15) is 5.75 Å². The number of fused-ring (bicyclic) bond motifs is 1. The Balaban J connectivity index is 1.67. The molecule has 2 N–H and O–H groups in total. The minimum absolute atomic E-state index is 0.00428. The van der Waals surface area contributed by atoms with Crippen LogP contribution in [0.25, 0.3) is 11.0 Å². The Morgan fingerprint density at radius 2 is 1.74 bits per heavy atom. The molecular weight excluding hydrogens is 493 g/mol. The van der Waals surface area contributed by atoms with Crippen molar-refractivity contribution in [1.82, 2.24) is 0 Å². The fraction of sp³-hybridized carbons (Fsp3) is 0.0769. The Kier molecular flexibility index (Phi) is 5.67. The summed E-state index contributed by atoms with van der Waals surface area (Å²) in [4.78, 5) is 28.2. The third-order valence-electron chi connectivity index (χ3n) is 5.79. The van der Waals surface area contributed by atoms with E-state index in [0.717, 1.165) is 0 Å². The van der Waals surface area contributed by atoms with Crippen molar-refractivity contribution in [2.45, 2.75) is 6.04 Å². The van der Waals surface area contributed by atoms with Gasteiger partial charge in [0.25, 0.3) is 5.91 Å². The van der Waals surface area contributed by atoms with E-state index in [2.05, 4.69) is 0 Å². The van der Waals surface area contributed by atoms with Gasteiger partial charge in [-0.25, -0.2) is 0 Å². The summed E-state index contributed by atoms with van der Waals surface area (Å²) in [7, 11) is 1.48. The summed E-state index contributed by atoms with van der Waals surface area (Å²) in [5.41, 5.74) is 0.987. The van der Waals surface area contributed by atoms with E-state index in [1.54, 1.807) is 36.4 Å². The molecule has 0 saturated carbocycles. The highest BCUT2D eigenvalue weighted by Crippen LogP contribution is 2.44. The highest BCUT2D eigenvalue weighted by Gasteiger charge is 2.45. The van der Waals surface area contributed by atoms with Crippen LogP contribution in [-0.4, -0.2) is 29.0 Å². The number of phenolic OH excluding ortho intramolecular Hbond substituents is 1. The number of ketones is 1. The minimum atomic E-state index is -1.03. The predicted molar refractivity (Wildman–Crippen MR) is 132 cm³/mol. The number of Topliss-reactive ketones (excluding diaryl/α,β-unsaturated/α-hetero) is 1. The molecule has 1 aliphatic rings. The Labute approximate surface area is 209 Å². The van der Waals surface area contributed by atoms with Gasteiger partial charge in [0.15, 0.2) is 22.9 Å². The van der Waals surface area contributed by atoms with E-state index >= 15 is 0 Å². The van der Waals surface area contributed by atoms with Crippen molar-refractivity contribution in [2.24, 2.45) is 0 Å². The van der Waals surface area contributed by atoms with Crippen LogP contribution in [0, 0.1) is 0 Å². The molecule has 9 heteroatoms. The third kappa shape index (κ3) is 3.79. The van der Waals surface area contributed by atoms with Crippen LogP contribution >= 0.6 is 23.2 Å². The number of phenols is 1. The van der Waals surface area contributed by atoms with Crippen LogP contribution in [0.3, 0.4) is 0 Å². The summed E-state index contributed by atoms with van der Waals surface area (Å²) in [5, 5.41) is 21.8. The van der Waals surface area contributed by atoms with Gasteiger partial charge in [-0.15, -0.1) is 0 Å². The highest BCUT2D eigenvalue weighted by atomic mass is 35.5. The van der Waals surface area contributed by atoms with Gasteiger partial charge < -0.3 is 19.4 Å². The number of carbonyl (C=O) groups excluding carboxylic acids is 2. The molecule has 0 saturated heterocycles. The molecule has 0 bridgehead atoms. The number of anilines is 1. The van der Waals surface area contributed by atoms with E-state index in [9.17, 15) is 19.8 Å². The zero-order valence-corrected chi connectivity index (χ0v) is 19.7. The van der Waals surface area contributed by atoms with Crippen molar-refractivity contribution in [3.8, 4) is 11.5 Å². The molecule has 1 aromatic heterocycles. The SMILES string of the molecule is COc1cccc2cc(C(=O)C3=C(O)C(=O)N(c4ccc(Cl)c(Cl)c4)C3c3ccc(O)cc3)oc12. The van der Waals surface area contributed by atoms with Crippen molar-refractivity contribution in [1.29, 1.82) is 0 Å². The number of ether oxygens (including phenoxy) is 1. The molecule has 3 aromatic carbocycles. The molecule has 2 heterocycles. The fourth-order valence-electron chi connectivity index (χ4n) is 4.15. The van der Waals surface area contributed by atoms with Crippen LogP contribution in [0.1, 0.15) is 22.2 Å². The summed E-state index contributed by atoms with van der Waals surface area (Å²) >= 11 is 12.2. The number of nitrogens with zero attached hydrogens (tertiary/aromatic N) is 1. The first-order valence-electron chi connectivity index (χ1n) is 10.4. The van der Waals surface area contributed by atoms with Gasteiger partial charge in [0.05, 0.1) is 28.8 Å². The van der Waals surface area contributed by atoms with Gasteiger partial charge in [0.2, 0.25) is 5.78 Å². The third-order valence-corrected chi connectivity index (χ3v) is 6.53. The fourth-order valence-corrected chi connectivity index (χ4v) is 4.44. The molecule has 176 valence electrons. The highest BCUT2D eigenvalue weighted by molar-refractivity contribution is 6.42. The Morgan fingerprint density at radius 1 is 1.00 bits per heavy atom. The number of rotatable bonds is 5. The van der Waals surface area contributed by atoms with Crippen LogP contribution in [-0.2, 0) is 4.79 Å². The standard InChI is InChI=1S/C26H17Cl2NO6/c1-34-19-4-2-3-14-11-20(35-25(14)19)23(31)21-22(13-5-8-16(30)9-6-13)29(26(33)24(21)32)15-7-10-17(27)18(28)12-15/h2-12,22,30,32H,1H3. The molecule has 7 nitrogen and oxygen atoms in total. The molecule has 1 unspecified atom stereocenters. The van der Waals surface area contributed by atoms with Crippen molar-refractivity contribution in [3.63, 3.8) is 0 Å². The molecule has 1 atom stereocenters. The maximum Gasteiger partial charge on any atom is 0.294 e. The predicted octanol–water partition coefficient (Wildman–Crippen LogP) is 6.24. The number of hydrogen-bond donors (Lipinski definition) is 2. The molecule has 1 amide bonds. The van der Waals surface area contributed by atoms with Crippen LogP contribution in [0.2, 0.25) is 10.0 Å². The van der Waals surface area contributed by atoms with E-state index in [0.29, 0.717) is 28.0 Å². The molecule has 1 aliphatic heterocycles. The number of aliphatic hydroxyl groups is 1. The van der Waals surface area contributed by atoms with Crippen LogP contribution < -0.4 is 9.64 Å². The normalized spacial score (nSPS) is 15.8. The molecule has 0 radical (unpaired) electrons. The first-order valence-corrected chi connectivity index (χ1v) is 11.2. The number of aliphatic hydroxyl groups excluding tert-OH is 1. The zero-order chi connectivity index (χ0) is 24.9.